The summed E-state index contributed by atoms with van der Waals surface area (Å²) >= 11 is 0. The topological polar surface area (TPSA) is 97.1 Å². The van der Waals surface area contributed by atoms with Gasteiger partial charge in [-0.15, -0.1) is 0 Å². The average Bonchev–Trinajstić information content (AvgIpc) is 3.28. The fourth-order valence-electron chi connectivity index (χ4n) is 3.74. The van der Waals surface area contributed by atoms with Gasteiger partial charge in [0, 0.05) is 6.04 Å². The van der Waals surface area contributed by atoms with Crippen LogP contribution in [0.2, 0.25) is 0 Å². The summed E-state index contributed by atoms with van der Waals surface area (Å²) in [6, 6.07) is 11.0. The van der Waals surface area contributed by atoms with Crippen LogP contribution in [0.4, 0.5) is 5.95 Å². The summed E-state index contributed by atoms with van der Waals surface area (Å²) in [5, 5.41) is 12.0. The van der Waals surface area contributed by atoms with Gasteiger partial charge in [-0.3, -0.25) is 10.1 Å². The molecule has 0 saturated heterocycles. The van der Waals surface area contributed by atoms with E-state index < -0.39 is 11.9 Å². The molecule has 1 aliphatic carbocycles. The van der Waals surface area contributed by atoms with Crippen molar-refractivity contribution in [3.63, 3.8) is 0 Å². The lowest BCUT2D eigenvalue weighted by molar-refractivity contribution is 0.0695. The van der Waals surface area contributed by atoms with Gasteiger partial charge in [0.2, 0.25) is 5.95 Å². The summed E-state index contributed by atoms with van der Waals surface area (Å²) in [5.41, 5.74) is 2.40. The predicted octanol–water partition coefficient (Wildman–Crippen LogP) is 3.81. The first kappa shape index (κ1) is 17.2. The SMILES string of the molecule is Cc1nc(C(=O)Nc2nc3ccccc3n2C2CCCC2)ccc1C(=O)O. The van der Waals surface area contributed by atoms with E-state index in [-0.39, 0.29) is 11.3 Å². The third kappa shape index (κ3) is 3.16. The molecule has 27 heavy (non-hydrogen) atoms. The molecule has 0 spiro atoms. The molecule has 0 aliphatic heterocycles. The molecular formula is C20H20N4O3. The van der Waals surface area contributed by atoms with Crippen molar-refractivity contribution < 1.29 is 14.7 Å². The van der Waals surface area contributed by atoms with Gasteiger partial charge in [-0.1, -0.05) is 25.0 Å². The van der Waals surface area contributed by atoms with Crippen molar-refractivity contribution in [3.05, 3.63) is 53.3 Å². The van der Waals surface area contributed by atoms with Gasteiger partial charge in [0.25, 0.3) is 5.91 Å². The van der Waals surface area contributed by atoms with Crippen molar-refractivity contribution in [1.82, 2.24) is 14.5 Å². The normalized spacial score (nSPS) is 14.6. The molecule has 0 atom stereocenters. The summed E-state index contributed by atoms with van der Waals surface area (Å²) < 4.78 is 2.11. The number of benzene rings is 1. The number of rotatable bonds is 4. The number of carboxylic acids is 1. The fourth-order valence-corrected chi connectivity index (χ4v) is 3.74. The van der Waals surface area contributed by atoms with Crippen molar-refractivity contribution in [2.45, 2.75) is 38.6 Å². The Morgan fingerprint density at radius 2 is 1.85 bits per heavy atom. The molecule has 0 bridgehead atoms. The number of imidazole rings is 1. The largest absolute Gasteiger partial charge is 0.478 e. The molecule has 0 radical (unpaired) electrons. The number of aromatic carboxylic acids is 1. The van der Waals surface area contributed by atoms with E-state index in [0.717, 1.165) is 23.9 Å². The maximum atomic E-state index is 12.7. The van der Waals surface area contributed by atoms with E-state index in [9.17, 15) is 9.59 Å². The molecule has 7 heteroatoms. The van der Waals surface area contributed by atoms with Gasteiger partial charge >= 0.3 is 5.97 Å². The number of para-hydroxylation sites is 2. The van der Waals surface area contributed by atoms with E-state index >= 15 is 0 Å². The second-order valence-electron chi connectivity index (χ2n) is 6.82. The minimum Gasteiger partial charge on any atom is -0.478 e. The molecule has 138 valence electrons. The average molecular weight is 364 g/mol. The molecular weight excluding hydrogens is 344 g/mol. The number of anilines is 1. The van der Waals surface area contributed by atoms with Crippen LogP contribution in [0.3, 0.4) is 0 Å². The number of carboxylic acid groups (broad SMARTS) is 1. The third-order valence-electron chi connectivity index (χ3n) is 5.06. The molecule has 3 aromatic rings. The van der Waals surface area contributed by atoms with E-state index in [1.807, 2.05) is 24.3 Å². The van der Waals surface area contributed by atoms with Gasteiger partial charge in [-0.25, -0.2) is 14.8 Å². The first-order valence-corrected chi connectivity index (χ1v) is 9.04. The number of carbonyl (C=O) groups excluding carboxylic acids is 1. The highest BCUT2D eigenvalue weighted by atomic mass is 16.4. The third-order valence-corrected chi connectivity index (χ3v) is 5.06. The van der Waals surface area contributed by atoms with Gasteiger partial charge in [-0.05, 0) is 44.0 Å². The zero-order chi connectivity index (χ0) is 19.0. The van der Waals surface area contributed by atoms with Crippen LogP contribution in [0.15, 0.2) is 36.4 Å². The van der Waals surface area contributed by atoms with Gasteiger partial charge in [0.1, 0.15) is 5.69 Å². The van der Waals surface area contributed by atoms with Crippen LogP contribution in [0.1, 0.15) is 58.3 Å². The second kappa shape index (κ2) is 6.83. The number of nitrogens with zero attached hydrogens (tertiary/aromatic N) is 3. The minimum absolute atomic E-state index is 0.0877. The predicted molar refractivity (Wildman–Crippen MR) is 101 cm³/mol. The molecule has 2 N–H and O–H groups in total. The van der Waals surface area contributed by atoms with Gasteiger partial charge in [-0.2, -0.15) is 0 Å². The van der Waals surface area contributed by atoms with Gasteiger partial charge < -0.3 is 9.67 Å². The van der Waals surface area contributed by atoms with E-state index in [2.05, 4.69) is 19.9 Å². The number of hydrogen-bond acceptors (Lipinski definition) is 4. The van der Waals surface area contributed by atoms with Crippen LogP contribution in [-0.4, -0.2) is 31.5 Å². The Bertz CT molecular complexity index is 1030. The second-order valence-corrected chi connectivity index (χ2v) is 6.82. The van der Waals surface area contributed by atoms with E-state index in [1.165, 1.54) is 25.0 Å². The summed E-state index contributed by atoms with van der Waals surface area (Å²) in [5.74, 6) is -0.950. The summed E-state index contributed by atoms with van der Waals surface area (Å²) in [7, 11) is 0. The number of pyridine rings is 1. The molecule has 1 aromatic carbocycles. The smallest absolute Gasteiger partial charge is 0.337 e. The lowest BCUT2D eigenvalue weighted by Gasteiger charge is -2.16. The highest BCUT2D eigenvalue weighted by Crippen LogP contribution is 2.35. The number of amides is 1. The molecule has 1 saturated carbocycles. The van der Waals surface area contributed by atoms with E-state index in [0.29, 0.717) is 17.7 Å². The quantitative estimate of drug-likeness (QED) is 0.734. The van der Waals surface area contributed by atoms with Crippen molar-refractivity contribution >= 4 is 28.9 Å². The number of fused-ring (bicyclic) bond motifs is 1. The van der Waals surface area contributed by atoms with Crippen molar-refractivity contribution in [2.24, 2.45) is 0 Å². The summed E-state index contributed by atoms with van der Waals surface area (Å²) in [6.07, 6.45) is 4.46. The van der Waals surface area contributed by atoms with Crippen molar-refractivity contribution in [3.8, 4) is 0 Å². The van der Waals surface area contributed by atoms with E-state index in [4.69, 9.17) is 5.11 Å². The zero-order valence-corrected chi connectivity index (χ0v) is 15.0. The lowest BCUT2D eigenvalue weighted by Crippen LogP contribution is -2.19. The zero-order valence-electron chi connectivity index (χ0n) is 15.0. The number of hydrogen-bond donors (Lipinski definition) is 2. The molecule has 1 aliphatic rings. The Kier molecular flexibility index (Phi) is 4.35. The number of aromatic nitrogens is 3. The molecule has 1 fully saturated rings. The van der Waals surface area contributed by atoms with Crippen LogP contribution in [-0.2, 0) is 0 Å². The van der Waals surface area contributed by atoms with Gasteiger partial charge in [0.05, 0.1) is 22.3 Å². The van der Waals surface area contributed by atoms with Crippen LogP contribution in [0, 0.1) is 6.92 Å². The fraction of sp³-hybridized carbons (Fsp3) is 0.300. The highest BCUT2D eigenvalue weighted by Gasteiger charge is 2.24. The highest BCUT2D eigenvalue weighted by molar-refractivity contribution is 6.03. The number of carbonyl (C=O) groups is 2. The van der Waals surface area contributed by atoms with Crippen LogP contribution in [0.5, 0.6) is 0 Å². The minimum atomic E-state index is -1.06. The van der Waals surface area contributed by atoms with E-state index in [1.54, 1.807) is 6.92 Å². The molecule has 7 nitrogen and oxygen atoms in total. The number of nitrogens with one attached hydrogen (secondary N) is 1. The Hall–Kier alpha value is -3.22. The van der Waals surface area contributed by atoms with Gasteiger partial charge in [0.15, 0.2) is 0 Å². The molecule has 2 aromatic heterocycles. The molecule has 2 heterocycles. The summed E-state index contributed by atoms with van der Waals surface area (Å²) in [6.45, 7) is 1.58. The first-order valence-electron chi connectivity index (χ1n) is 9.04. The standard InChI is InChI=1S/C20H20N4O3/c1-12-14(19(26)27)10-11-16(21-12)18(25)23-20-22-15-8-4-5-9-17(15)24(20)13-6-2-3-7-13/h4-5,8-11,13H,2-3,6-7H2,1H3,(H,26,27)(H,22,23,25). The molecule has 4 rings (SSSR count). The molecule has 0 unspecified atom stereocenters. The van der Waals surface area contributed by atoms with Crippen LogP contribution < -0.4 is 5.32 Å². The van der Waals surface area contributed by atoms with Crippen molar-refractivity contribution in [1.29, 1.82) is 0 Å². The Balaban J connectivity index is 1.69. The Morgan fingerprint density at radius 1 is 1.11 bits per heavy atom. The molecule has 1 amide bonds. The lowest BCUT2D eigenvalue weighted by atomic mass is 10.2. The maximum absolute atomic E-state index is 12.7. The maximum Gasteiger partial charge on any atom is 0.337 e. The monoisotopic (exact) mass is 364 g/mol. The Labute approximate surface area is 156 Å². The summed E-state index contributed by atoms with van der Waals surface area (Å²) in [4.78, 5) is 32.6. The first-order chi connectivity index (χ1) is 13.0. The number of aryl methyl sites for hydroxylation is 1. The van der Waals surface area contributed by atoms with Crippen LogP contribution >= 0.6 is 0 Å². The van der Waals surface area contributed by atoms with Crippen molar-refractivity contribution in [2.75, 3.05) is 5.32 Å². The Morgan fingerprint density at radius 3 is 2.56 bits per heavy atom. The van der Waals surface area contributed by atoms with Crippen LogP contribution in [0.25, 0.3) is 11.0 Å².